The quantitative estimate of drug-likeness (QED) is 0.436. The Hall–Kier alpha value is -1.11. The van der Waals surface area contributed by atoms with Crippen LogP contribution >= 0.6 is 0 Å². The van der Waals surface area contributed by atoms with Gasteiger partial charge in [-0.1, -0.05) is 31.2 Å². The summed E-state index contributed by atoms with van der Waals surface area (Å²) in [6.07, 6.45) is 8.21. The molecule has 0 bridgehead atoms. The van der Waals surface area contributed by atoms with Gasteiger partial charge in [0.2, 0.25) is 0 Å². The standard InChI is InChI=1S/C15H24O/c1-6-12(2)8-7-9-13(3)10-11-14(4)15(5)16/h6,9,12H,1,4,7-8,10-11H2,2-3,5H3. The van der Waals surface area contributed by atoms with Gasteiger partial charge in [0.1, 0.15) is 0 Å². The van der Waals surface area contributed by atoms with Crippen LogP contribution in [0.5, 0.6) is 0 Å². The van der Waals surface area contributed by atoms with Gasteiger partial charge in [-0.25, -0.2) is 0 Å². The van der Waals surface area contributed by atoms with Crippen LogP contribution in [0, 0.1) is 5.92 Å². The van der Waals surface area contributed by atoms with Crippen LogP contribution in [0.4, 0.5) is 0 Å². The Labute approximate surface area is 99.9 Å². The van der Waals surface area contributed by atoms with Gasteiger partial charge < -0.3 is 0 Å². The molecule has 1 heteroatoms. The molecule has 16 heavy (non-hydrogen) atoms. The van der Waals surface area contributed by atoms with E-state index < -0.39 is 0 Å². The van der Waals surface area contributed by atoms with Crippen molar-refractivity contribution < 1.29 is 4.79 Å². The minimum absolute atomic E-state index is 0.105. The minimum Gasteiger partial charge on any atom is -0.295 e. The zero-order valence-corrected chi connectivity index (χ0v) is 10.9. The Kier molecular flexibility index (Phi) is 7.53. The lowest BCUT2D eigenvalue weighted by Gasteiger charge is -2.04. The van der Waals surface area contributed by atoms with Gasteiger partial charge in [-0.15, -0.1) is 6.58 Å². The zero-order chi connectivity index (χ0) is 12.6. The lowest BCUT2D eigenvalue weighted by molar-refractivity contribution is -0.113. The Morgan fingerprint density at radius 2 is 1.94 bits per heavy atom. The molecule has 1 atom stereocenters. The lowest BCUT2D eigenvalue weighted by atomic mass is 10.0. The van der Waals surface area contributed by atoms with Gasteiger partial charge >= 0.3 is 0 Å². The van der Waals surface area contributed by atoms with E-state index in [1.165, 1.54) is 5.57 Å². The molecule has 0 aliphatic carbocycles. The van der Waals surface area contributed by atoms with Gasteiger partial charge in [-0.05, 0) is 51.0 Å². The van der Waals surface area contributed by atoms with E-state index in [2.05, 4.69) is 33.1 Å². The van der Waals surface area contributed by atoms with E-state index in [1.54, 1.807) is 6.92 Å². The maximum atomic E-state index is 11.0. The molecule has 0 aromatic carbocycles. The van der Waals surface area contributed by atoms with Crippen molar-refractivity contribution in [2.45, 2.75) is 46.5 Å². The first-order valence-corrected chi connectivity index (χ1v) is 5.94. The van der Waals surface area contributed by atoms with E-state index in [-0.39, 0.29) is 5.78 Å². The van der Waals surface area contributed by atoms with Gasteiger partial charge in [0.25, 0.3) is 0 Å². The van der Waals surface area contributed by atoms with Gasteiger partial charge in [0.15, 0.2) is 5.78 Å². The molecule has 1 nitrogen and oxygen atoms in total. The maximum Gasteiger partial charge on any atom is 0.155 e. The Bertz CT molecular complexity index is 284. The zero-order valence-electron chi connectivity index (χ0n) is 10.9. The van der Waals surface area contributed by atoms with Crippen LogP contribution in [0.25, 0.3) is 0 Å². The minimum atomic E-state index is 0.105. The lowest BCUT2D eigenvalue weighted by Crippen LogP contribution is -1.95. The van der Waals surface area contributed by atoms with Crippen LogP contribution in [0.3, 0.4) is 0 Å². The molecule has 0 aliphatic rings. The molecule has 90 valence electrons. The molecule has 0 aromatic rings. The third-order valence-corrected chi connectivity index (χ3v) is 2.84. The second-order valence-electron chi connectivity index (χ2n) is 4.50. The average Bonchev–Trinajstić information content (AvgIpc) is 2.25. The number of rotatable bonds is 8. The highest BCUT2D eigenvalue weighted by molar-refractivity contribution is 5.92. The second kappa shape index (κ2) is 8.09. The fourth-order valence-electron chi connectivity index (χ4n) is 1.34. The third kappa shape index (κ3) is 7.22. The SMILES string of the molecule is C=CC(C)CCC=C(C)CCC(=C)C(C)=O. The van der Waals surface area contributed by atoms with E-state index in [4.69, 9.17) is 0 Å². The first-order valence-electron chi connectivity index (χ1n) is 5.94. The second-order valence-corrected chi connectivity index (χ2v) is 4.50. The Morgan fingerprint density at radius 1 is 1.31 bits per heavy atom. The fourth-order valence-corrected chi connectivity index (χ4v) is 1.34. The van der Waals surface area contributed by atoms with Gasteiger partial charge in [-0.3, -0.25) is 4.79 Å². The first kappa shape index (κ1) is 14.9. The summed E-state index contributed by atoms with van der Waals surface area (Å²) in [6.45, 7) is 13.4. The summed E-state index contributed by atoms with van der Waals surface area (Å²) in [4.78, 5) is 11.0. The van der Waals surface area contributed by atoms with E-state index in [9.17, 15) is 4.79 Å². The normalized spacial score (nSPS) is 13.3. The smallest absolute Gasteiger partial charge is 0.155 e. The Balaban J connectivity index is 3.83. The molecule has 0 saturated carbocycles. The van der Waals surface area contributed by atoms with Crippen molar-refractivity contribution in [2.24, 2.45) is 5.92 Å². The van der Waals surface area contributed by atoms with Crippen molar-refractivity contribution >= 4 is 5.78 Å². The molecule has 0 saturated heterocycles. The molecule has 1 unspecified atom stereocenters. The maximum absolute atomic E-state index is 11.0. The highest BCUT2D eigenvalue weighted by Gasteiger charge is 2.00. The number of carbonyl (C=O) groups is 1. The van der Waals surface area contributed by atoms with Crippen LogP contribution in [-0.2, 0) is 4.79 Å². The molecule has 0 aliphatic heterocycles. The molecule has 0 amide bonds. The van der Waals surface area contributed by atoms with Gasteiger partial charge in [0, 0.05) is 0 Å². The first-order chi connectivity index (χ1) is 7.47. The molecule has 0 aromatic heterocycles. The van der Waals surface area contributed by atoms with E-state index in [1.807, 2.05) is 6.08 Å². The van der Waals surface area contributed by atoms with Gasteiger partial charge in [-0.2, -0.15) is 0 Å². The number of Topliss-reactive ketones (excluding diaryl/α,β-unsaturated/α-hetero) is 1. The van der Waals surface area contributed by atoms with E-state index in [0.717, 1.165) is 31.3 Å². The number of hydrogen-bond donors (Lipinski definition) is 0. The summed E-state index contributed by atoms with van der Waals surface area (Å²) < 4.78 is 0. The number of ketones is 1. The largest absolute Gasteiger partial charge is 0.295 e. The highest BCUT2D eigenvalue weighted by Crippen LogP contribution is 2.13. The summed E-state index contributed by atoms with van der Waals surface area (Å²) in [5.41, 5.74) is 2.07. The van der Waals surface area contributed by atoms with Crippen LogP contribution in [0.1, 0.15) is 46.5 Å². The topological polar surface area (TPSA) is 17.1 Å². The molecule has 0 rings (SSSR count). The summed E-state index contributed by atoms with van der Waals surface area (Å²) in [7, 11) is 0. The fraction of sp³-hybridized carbons (Fsp3) is 0.533. The summed E-state index contributed by atoms with van der Waals surface area (Å²) in [5, 5.41) is 0. The van der Waals surface area contributed by atoms with E-state index >= 15 is 0 Å². The number of hydrogen-bond acceptors (Lipinski definition) is 1. The van der Waals surface area contributed by atoms with Crippen LogP contribution in [0.2, 0.25) is 0 Å². The molecule has 0 N–H and O–H groups in total. The average molecular weight is 220 g/mol. The van der Waals surface area contributed by atoms with Crippen molar-refractivity contribution in [3.63, 3.8) is 0 Å². The summed E-state index contributed by atoms with van der Waals surface area (Å²) >= 11 is 0. The van der Waals surface area contributed by atoms with Gasteiger partial charge in [0.05, 0.1) is 0 Å². The van der Waals surface area contributed by atoms with Crippen molar-refractivity contribution in [3.05, 3.63) is 36.5 Å². The molecular formula is C15H24O. The monoisotopic (exact) mass is 220 g/mol. The van der Waals surface area contributed by atoms with Crippen molar-refractivity contribution in [3.8, 4) is 0 Å². The predicted molar refractivity (Wildman–Crippen MR) is 71.4 cm³/mol. The molecule has 0 spiro atoms. The Morgan fingerprint density at radius 3 is 2.44 bits per heavy atom. The highest BCUT2D eigenvalue weighted by atomic mass is 16.1. The van der Waals surface area contributed by atoms with Crippen LogP contribution < -0.4 is 0 Å². The molecule has 0 fully saturated rings. The number of carbonyl (C=O) groups excluding carboxylic acids is 1. The molecule has 0 heterocycles. The number of allylic oxidation sites excluding steroid dienone is 4. The molecular weight excluding hydrogens is 196 g/mol. The van der Waals surface area contributed by atoms with Crippen molar-refractivity contribution in [2.75, 3.05) is 0 Å². The van der Waals surface area contributed by atoms with Crippen LogP contribution in [0.15, 0.2) is 36.5 Å². The molecule has 0 radical (unpaired) electrons. The van der Waals surface area contributed by atoms with Crippen LogP contribution in [-0.4, -0.2) is 5.78 Å². The van der Waals surface area contributed by atoms with E-state index in [0.29, 0.717) is 5.92 Å². The third-order valence-electron chi connectivity index (χ3n) is 2.84. The summed E-state index contributed by atoms with van der Waals surface area (Å²) in [6, 6.07) is 0. The summed E-state index contributed by atoms with van der Waals surface area (Å²) in [5.74, 6) is 0.685. The van der Waals surface area contributed by atoms with Crippen molar-refractivity contribution in [1.29, 1.82) is 0 Å². The van der Waals surface area contributed by atoms with Crippen molar-refractivity contribution in [1.82, 2.24) is 0 Å². The predicted octanol–water partition coefficient (Wildman–Crippen LogP) is 4.46.